The van der Waals surface area contributed by atoms with Gasteiger partial charge in [-0.3, -0.25) is 23.4 Å². The molecule has 2 aliphatic heterocycles. The van der Waals surface area contributed by atoms with Crippen molar-refractivity contribution in [3.63, 3.8) is 0 Å². The van der Waals surface area contributed by atoms with Gasteiger partial charge in [0.05, 0.1) is 32.0 Å². The minimum Gasteiger partial charge on any atom is -0.493 e. The number of nitrogens with one attached hydrogen (secondary N) is 1. The zero-order valence-electron chi connectivity index (χ0n) is 15.5. The summed E-state index contributed by atoms with van der Waals surface area (Å²) in [6.45, 7) is 0.629. The summed E-state index contributed by atoms with van der Waals surface area (Å²) in [5.74, 6) is 1.26. The maximum Gasteiger partial charge on any atom is 0.397 e. The SMILES string of the molecule is COc1cccc2c1OP(OCC1CCC(n3cc(C=O)c(=S)[nH]c3=O)O1)OC2. The first kappa shape index (κ1) is 20.2. The number of para-hydroxylation sites is 1. The van der Waals surface area contributed by atoms with Crippen LogP contribution in [-0.4, -0.2) is 35.7 Å². The number of carbonyl (C=O) groups excluding carboxylic acids is 1. The third-order valence-corrected chi connectivity index (χ3v) is 6.02. The number of H-pyrrole nitrogens is 1. The molecule has 0 saturated carbocycles. The number of rotatable bonds is 6. The van der Waals surface area contributed by atoms with Crippen LogP contribution in [0.2, 0.25) is 0 Å². The molecule has 9 nitrogen and oxygen atoms in total. The molecule has 2 aromatic rings. The number of benzene rings is 1. The first-order valence-corrected chi connectivity index (χ1v) is 10.5. The van der Waals surface area contributed by atoms with Gasteiger partial charge in [0.15, 0.2) is 17.8 Å². The van der Waals surface area contributed by atoms with E-state index in [0.717, 1.165) is 5.56 Å². The normalized spacial score (nSPS) is 23.3. The average Bonchev–Trinajstić information content (AvgIpc) is 3.20. The van der Waals surface area contributed by atoms with Crippen LogP contribution >= 0.6 is 20.8 Å². The molecule has 3 unspecified atom stereocenters. The Kier molecular flexibility index (Phi) is 6.07. The van der Waals surface area contributed by atoms with Gasteiger partial charge in [-0.25, -0.2) is 4.79 Å². The van der Waals surface area contributed by atoms with Gasteiger partial charge in [-0.15, -0.1) is 0 Å². The Morgan fingerprint density at radius 1 is 1.41 bits per heavy atom. The van der Waals surface area contributed by atoms with Crippen molar-refractivity contribution in [1.29, 1.82) is 0 Å². The number of nitrogens with zero attached hydrogens (tertiary/aromatic N) is 1. The molecule has 11 heteroatoms. The average molecular weight is 438 g/mol. The lowest BCUT2D eigenvalue weighted by Crippen LogP contribution is -2.28. The summed E-state index contributed by atoms with van der Waals surface area (Å²) < 4.78 is 29.9. The molecule has 1 fully saturated rings. The topological polar surface area (TPSA) is 101 Å². The van der Waals surface area contributed by atoms with Crippen LogP contribution in [0.4, 0.5) is 0 Å². The van der Waals surface area contributed by atoms with Crippen molar-refractivity contribution < 1.29 is 27.8 Å². The molecule has 0 aliphatic carbocycles. The van der Waals surface area contributed by atoms with Crippen LogP contribution in [0.3, 0.4) is 0 Å². The minimum absolute atomic E-state index is 0.115. The van der Waals surface area contributed by atoms with Crippen LogP contribution in [0.15, 0.2) is 29.2 Å². The summed E-state index contributed by atoms with van der Waals surface area (Å²) in [5.41, 5.74) is 0.720. The molecule has 1 N–H and O–H groups in total. The monoisotopic (exact) mass is 438 g/mol. The highest BCUT2D eigenvalue weighted by molar-refractivity contribution is 7.71. The molecule has 1 aromatic heterocycles. The predicted octanol–water partition coefficient (Wildman–Crippen LogP) is 3.26. The van der Waals surface area contributed by atoms with E-state index >= 15 is 0 Å². The molecule has 4 rings (SSSR count). The Morgan fingerprint density at radius 2 is 2.28 bits per heavy atom. The van der Waals surface area contributed by atoms with Crippen LogP contribution in [0.25, 0.3) is 0 Å². The minimum atomic E-state index is -1.58. The van der Waals surface area contributed by atoms with Crippen molar-refractivity contribution in [2.45, 2.75) is 31.8 Å². The highest BCUT2D eigenvalue weighted by atomic mass is 32.1. The van der Waals surface area contributed by atoms with E-state index in [-0.39, 0.29) is 22.9 Å². The Labute approximate surface area is 172 Å². The number of aldehydes is 1. The predicted molar refractivity (Wildman–Crippen MR) is 106 cm³/mol. The Morgan fingerprint density at radius 3 is 3.07 bits per heavy atom. The first-order valence-electron chi connectivity index (χ1n) is 8.95. The van der Waals surface area contributed by atoms with Gasteiger partial charge in [0.2, 0.25) is 0 Å². The lowest BCUT2D eigenvalue weighted by molar-refractivity contribution is -0.0229. The zero-order chi connectivity index (χ0) is 20.4. The van der Waals surface area contributed by atoms with Gasteiger partial charge >= 0.3 is 14.3 Å². The van der Waals surface area contributed by atoms with E-state index in [1.54, 1.807) is 7.11 Å². The molecule has 1 saturated heterocycles. The third-order valence-electron chi connectivity index (χ3n) is 4.66. The van der Waals surface area contributed by atoms with Crippen LogP contribution in [-0.2, 0) is 20.4 Å². The second kappa shape index (κ2) is 8.73. The van der Waals surface area contributed by atoms with Gasteiger partial charge in [0.1, 0.15) is 10.9 Å². The summed E-state index contributed by atoms with van der Waals surface area (Å²) in [6.07, 6.45) is 2.59. The Hall–Kier alpha value is -2.10. The second-order valence-corrected chi connectivity index (χ2v) is 8.05. The number of carbonyl (C=O) groups is 1. The van der Waals surface area contributed by atoms with E-state index in [0.29, 0.717) is 37.2 Å². The van der Waals surface area contributed by atoms with Crippen molar-refractivity contribution in [3.05, 3.63) is 50.6 Å². The van der Waals surface area contributed by atoms with E-state index < -0.39 is 20.5 Å². The van der Waals surface area contributed by atoms with Gasteiger partial charge in [-0.2, -0.15) is 0 Å². The number of fused-ring (bicyclic) bond motifs is 1. The van der Waals surface area contributed by atoms with Crippen LogP contribution < -0.4 is 15.0 Å². The Balaban J connectivity index is 1.36. The number of aromatic nitrogens is 2. The quantitative estimate of drug-likeness (QED) is 0.417. The lowest BCUT2D eigenvalue weighted by atomic mass is 10.2. The van der Waals surface area contributed by atoms with E-state index in [2.05, 4.69) is 4.98 Å². The largest absolute Gasteiger partial charge is 0.493 e. The van der Waals surface area contributed by atoms with Crippen molar-refractivity contribution in [2.75, 3.05) is 13.7 Å². The van der Waals surface area contributed by atoms with E-state index in [9.17, 15) is 9.59 Å². The second-order valence-electron chi connectivity index (χ2n) is 6.49. The summed E-state index contributed by atoms with van der Waals surface area (Å²) in [7, 11) is 0.00324. The third kappa shape index (κ3) is 4.26. The smallest absolute Gasteiger partial charge is 0.397 e. The van der Waals surface area contributed by atoms with Gasteiger partial charge in [0, 0.05) is 11.8 Å². The number of ether oxygens (including phenoxy) is 2. The van der Waals surface area contributed by atoms with Crippen molar-refractivity contribution in [1.82, 2.24) is 9.55 Å². The molecular formula is C18H19N2O7PS. The van der Waals surface area contributed by atoms with Gasteiger partial charge in [0.25, 0.3) is 0 Å². The van der Waals surface area contributed by atoms with Crippen molar-refractivity contribution >= 4 is 27.1 Å². The number of hydrogen-bond acceptors (Lipinski definition) is 8. The van der Waals surface area contributed by atoms with Gasteiger partial charge in [-0.05, 0) is 18.9 Å². The number of aromatic amines is 1. The van der Waals surface area contributed by atoms with E-state index in [4.69, 9.17) is 35.3 Å². The van der Waals surface area contributed by atoms with Crippen LogP contribution in [0, 0.1) is 4.64 Å². The maximum atomic E-state index is 12.1. The summed E-state index contributed by atoms with van der Waals surface area (Å²) >= 11 is 4.96. The molecule has 2 aliphatic rings. The molecule has 0 bridgehead atoms. The van der Waals surface area contributed by atoms with Crippen LogP contribution in [0.5, 0.6) is 11.5 Å². The van der Waals surface area contributed by atoms with Gasteiger partial charge < -0.3 is 14.0 Å². The highest BCUT2D eigenvalue weighted by Crippen LogP contribution is 2.50. The van der Waals surface area contributed by atoms with Crippen molar-refractivity contribution in [3.8, 4) is 11.5 Å². The molecule has 154 valence electrons. The molecule has 0 radical (unpaired) electrons. The maximum absolute atomic E-state index is 12.1. The highest BCUT2D eigenvalue weighted by Gasteiger charge is 2.31. The Bertz CT molecular complexity index is 1010. The summed E-state index contributed by atoms with van der Waals surface area (Å²) in [5, 5.41) is 0. The molecular weight excluding hydrogens is 419 g/mol. The zero-order valence-corrected chi connectivity index (χ0v) is 17.2. The first-order chi connectivity index (χ1) is 14.1. The molecule has 0 spiro atoms. The molecule has 29 heavy (non-hydrogen) atoms. The van der Waals surface area contributed by atoms with Crippen molar-refractivity contribution in [2.24, 2.45) is 0 Å². The standard InChI is InChI=1S/C18H19N2O7PS/c1-23-14-4-2-3-11-9-24-28(27-16(11)14)25-10-13-5-6-15(26-13)20-7-12(8-21)17(29)19-18(20)22/h2-4,7-8,13,15H,5-6,9-10H2,1H3,(H,19,22,29). The summed E-state index contributed by atoms with van der Waals surface area (Å²) in [4.78, 5) is 25.7. The molecule has 3 atom stereocenters. The van der Waals surface area contributed by atoms with E-state index in [1.165, 1.54) is 10.8 Å². The lowest BCUT2D eigenvalue weighted by Gasteiger charge is -2.26. The van der Waals surface area contributed by atoms with E-state index in [1.807, 2.05) is 18.2 Å². The van der Waals surface area contributed by atoms with Gasteiger partial charge in [-0.1, -0.05) is 24.4 Å². The van der Waals surface area contributed by atoms with Crippen LogP contribution in [0.1, 0.15) is 35.0 Å². The molecule has 1 aromatic carbocycles. The fraction of sp³-hybridized carbons (Fsp3) is 0.389. The summed E-state index contributed by atoms with van der Waals surface area (Å²) in [6, 6.07) is 5.60. The number of methoxy groups -OCH3 is 1. The fourth-order valence-electron chi connectivity index (χ4n) is 3.18. The fourth-order valence-corrected chi connectivity index (χ4v) is 4.44. The molecule has 0 amide bonds. The molecule has 3 heterocycles. The number of hydrogen-bond donors (Lipinski definition) is 1.